The van der Waals surface area contributed by atoms with Crippen molar-refractivity contribution in [1.82, 2.24) is 9.97 Å². The fraction of sp³-hybridized carbons (Fsp3) is 0.154. The molecule has 1 aromatic carbocycles. The number of aryl methyl sites for hydroxylation is 2. The highest BCUT2D eigenvalue weighted by Gasteiger charge is 2.12. The fourth-order valence-corrected chi connectivity index (χ4v) is 2.55. The van der Waals surface area contributed by atoms with Gasteiger partial charge < -0.3 is 10.1 Å². The van der Waals surface area contributed by atoms with Crippen molar-refractivity contribution in [2.75, 3.05) is 0 Å². The van der Waals surface area contributed by atoms with Crippen LogP contribution in [0.15, 0.2) is 39.1 Å². The van der Waals surface area contributed by atoms with Crippen molar-refractivity contribution < 1.29 is 9.90 Å². The number of hydrogen-bond acceptors (Lipinski definition) is 4. The van der Waals surface area contributed by atoms with E-state index in [2.05, 4.69) is 9.97 Å². The van der Waals surface area contributed by atoms with Crippen LogP contribution in [0.4, 0.5) is 0 Å². The number of H-pyrrole nitrogens is 1. The van der Waals surface area contributed by atoms with Gasteiger partial charge in [-0.05, 0) is 26.0 Å². The van der Waals surface area contributed by atoms with E-state index in [4.69, 9.17) is 0 Å². The van der Waals surface area contributed by atoms with Crippen LogP contribution in [0.2, 0.25) is 0 Å². The third-order valence-electron chi connectivity index (χ3n) is 2.42. The summed E-state index contributed by atoms with van der Waals surface area (Å²) in [5.74, 6) is -0.999. The zero-order valence-corrected chi connectivity index (χ0v) is 11.2. The number of aromatic amines is 1. The third-order valence-corrected chi connectivity index (χ3v) is 3.38. The molecule has 0 amide bonds. The van der Waals surface area contributed by atoms with Crippen molar-refractivity contribution in [2.24, 2.45) is 0 Å². The van der Waals surface area contributed by atoms with Gasteiger partial charge in [-0.3, -0.25) is 4.79 Å². The molecule has 1 aromatic heterocycles. The summed E-state index contributed by atoms with van der Waals surface area (Å²) >= 11 is 1.13. The Labute approximate surface area is 113 Å². The van der Waals surface area contributed by atoms with E-state index in [0.717, 1.165) is 17.3 Å². The van der Waals surface area contributed by atoms with Gasteiger partial charge in [0.15, 0.2) is 5.16 Å². The van der Waals surface area contributed by atoms with Gasteiger partial charge in [-0.15, -0.1) is 0 Å². The Morgan fingerprint density at radius 2 is 2.05 bits per heavy atom. The van der Waals surface area contributed by atoms with E-state index in [1.165, 1.54) is 6.07 Å². The lowest BCUT2D eigenvalue weighted by Crippen LogP contribution is -2.08. The van der Waals surface area contributed by atoms with Crippen LogP contribution < -0.4 is 5.56 Å². The predicted molar refractivity (Wildman–Crippen MR) is 71.9 cm³/mol. The van der Waals surface area contributed by atoms with E-state index in [1.54, 1.807) is 19.1 Å². The maximum atomic E-state index is 11.3. The number of carbonyl (C=O) groups is 1. The largest absolute Gasteiger partial charge is 0.478 e. The summed E-state index contributed by atoms with van der Waals surface area (Å²) in [5, 5.41) is 9.56. The van der Waals surface area contributed by atoms with Crippen LogP contribution in [0.1, 0.15) is 21.6 Å². The van der Waals surface area contributed by atoms with Crippen LogP contribution in [-0.2, 0) is 0 Å². The maximum absolute atomic E-state index is 11.3. The van der Waals surface area contributed by atoms with Crippen molar-refractivity contribution in [3.8, 4) is 0 Å². The lowest BCUT2D eigenvalue weighted by Gasteiger charge is -2.06. The molecule has 0 saturated heterocycles. The van der Waals surface area contributed by atoms with E-state index in [-0.39, 0.29) is 11.1 Å². The van der Waals surface area contributed by atoms with Crippen molar-refractivity contribution in [1.29, 1.82) is 0 Å². The molecule has 0 bridgehead atoms. The number of nitrogens with zero attached hydrogens (tertiary/aromatic N) is 1. The SMILES string of the molecule is Cc1ccc(Sc2nc(C)cc(=O)[nH]2)c(C(=O)O)c1. The van der Waals surface area contributed by atoms with Gasteiger partial charge in [-0.25, -0.2) is 9.78 Å². The van der Waals surface area contributed by atoms with Crippen LogP contribution in [0, 0.1) is 13.8 Å². The first-order chi connectivity index (χ1) is 8.95. The molecule has 0 aliphatic rings. The van der Waals surface area contributed by atoms with Crippen molar-refractivity contribution >= 4 is 17.7 Å². The highest BCUT2D eigenvalue weighted by atomic mass is 32.2. The molecule has 0 unspecified atom stereocenters. The lowest BCUT2D eigenvalue weighted by molar-refractivity contribution is 0.0693. The van der Waals surface area contributed by atoms with Crippen molar-refractivity contribution in [3.05, 3.63) is 51.4 Å². The minimum Gasteiger partial charge on any atom is -0.478 e. The summed E-state index contributed by atoms with van der Waals surface area (Å²) in [6.45, 7) is 3.54. The molecular weight excluding hydrogens is 264 g/mol. The van der Waals surface area contributed by atoms with Crippen LogP contribution in [0.3, 0.4) is 0 Å². The average molecular weight is 276 g/mol. The Bertz CT molecular complexity index is 695. The molecule has 98 valence electrons. The molecule has 19 heavy (non-hydrogen) atoms. The predicted octanol–water partition coefficient (Wildman–Crippen LogP) is 2.24. The fourth-order valence-electron chi connectivity index (χ4n) is 1.60. The second-order valence-electron chi connectivity index (χ2n) is 4.10. The summed E-state index contributed by atoms with van der Waals surface area (Å²) in [4.78, 5) is 29.8. The van der Waals surface area contributed by atoms with Crippen molar-refractivity contribution in [3.63, 3.8) is 0 Å². The third kappa shape index (κ3) is 3.23. The normalized spacial score (nSPS) is 10.4. The van der Waals surface area contributed by atoms with E-state index in [9.17, 15) is 14.7 Å². The summed E-state index contributed by atoms with van der Waals surface area (Å²) in [7, 11) is 0. The van der Waals surface area contributed by atoms with Crippen molar-refractivity contribution in [2.45, 2.75) is 23.9 Å². The summed E-state index contributed by atoms with van der Waals surface area (Å²) in [5.41, 5.74) is 1.41. The number of rotatable bonds is 3. The second-order valence-corrected chi connectivity index (χ2v) is 5.13. The number of aromatic carboxylic acids is 1. The van der Waals surface area contributed by atoms with E-state index in [0.29, 0.717) is 15.7 Å². The number of carboxylic acids is 1. The first kappa shape index (κ1) is 13.4. The Morgan fingerprint density at radius 1 is 1.32 bits per heavy atom. The van der Waals surface area contributed by atoms with Gasteiger partial charge >= 0.3 is 5.97 Å². The monoisotopic (exact) mass is 276 g/mol. The van der Waals surface area contributed by atoms with E-state index in [1.807, 2.05) is 13.0 Å². The zero-order chi connectivity index (χ0) is 14.0. The standard InChI is InChI=1S/C13H12N2O3S/c1-7-3-4-10(9(5-7)12(17)18)19-13-14-8(2)6-11(16)15-13/h3-6H,1-2H3,(H,17,18)(H,14,15,16). The molecule has 0 atom stereocenters. The molecule has 2 rings (SSSR count). The zero-order valence-electron chi connectivity index (χ0n) is 10.4. The number of carboxylic acid groups (broad SMARTS) is 1. The summed E-state index contributed by atoms with van der Waals surface area (Å²) in [6.07, 6.45) is 0. The first-order valence-corrected chi connectivity index (χ1v) is 6.37. The number of nitrogens with one attached hydrogen (secondary N) is 1. The Hall–Kier alpha value is -2.08. The molecule has 0 aliphatic heterocycles. The molecule has 0 radical (unpaired) electrons. The molecule has 2 N–H and O–H groups in total. The Morgan fingerprint density at radius 3 is 2.68 bits per heavy atom. The van der Waals surface area contributed by atoms with Gasteiger partial charge in [-0.1, -0.05) is 23.4 Å². The Balaban J connectivity index is 2.43. The maximum Gasteiger partial charge on any atom is 0.336 e. The van der Waals surface area contributed by atoms with Crippen LogP contribution in [-0.4, -0.2) is 21.0 Å². The number of aromatic nitrogens is 2. The molecule has 0 fully saturated rings. The number of hydrogen-bond donors (Lipinski definition) is 2. The number of benzene rings is 1. The van der Waals surface area contributed by atoms with Crippen LogP contribution in [0.5, 0.6) is 0 Å². The lowest BCUT2D eigenvalue weighted by atomic mass is 10.1. The molecule has 0 aliphatic carbocycles. The molecular formula is C13H12N2O3S. The summed E-state index contributed by atoms with van der Waals surface area (Å²) < 4.78 is 0. The molecule has 0 saturated carbocycles. The van der Waals surface area contributed by atoms with E-state index < -0.39 is 5.97 Å². The molecule has 1 heterocycles. The van der Waals surface area contributed by atoms with Gasteiger partial charge in [-0.2, -0.15) is 0 Å². The average Bonchev–Trinajstić information content (AvgIpc) is 2.30. The molecule has 6 heteroatoms. The van der Waals surface area contributed by atoms with Gasteiger partial charge in [0.2, 0.25) is 0 Å². The van der Waals surface area contributed by atoms with E-state index >= 15 is 0 Å². The van der Waals surface area contributed by atoms with Crippen LogP contribution in [0.25, 0.3) is 0 Å². The van der Waals surface area contributed by atoms with Gasteiger partial charge in [0, 0.05) is 16.7 Å². The summed E-state index contributed by atoms with van der Waals surface area (Å²) in [6, 6.07) is 6.52. The van der Waals surface area contributed by atoms with Gasteiger partial charge in [0.1, 0.15) is 0 Å². The first-order valence-electron chi connectivity index (χ1n) is 5.55. The minimum atomic E-state index is -0.999. The Kier molecular flexibility index (Phi) is 3.71. The topological polar surface area (TPSA) is 83.0 Å². The smallest absolute Gasteiger partial charge is 0.336 e. The quantitative estimate of drug-likeness (QED) is 0.840. The minimum absolute atomic E-state index is 0.203. The van der Waals surface area contributed by atoms with Gasteiger partial charge in [0.25, 0.3) is 5.56 Å². The molecule has 2 aromatic rings. The molecule has 5 nitrogen and oxygen atoms in total. The van der Waals surface area contributed by atoms with Crippen LogP contribution >= 0.6 is 11.8 Å². The second kappa shape index (κ2) is 5.27. The highest BCUT2D eigenvalue weighted by Crippen LogP contribution is 2.28. The molecule has 0 spiro atoms. The van der Waals surface area contributed by atoms with Gasteiger partial charge in [0.05, 0.1) is 5.56 Å². The highest BCUT2D eigenvalue weighted by molar-refractivity contribution is 7.99.